The van der Waals surface area contributed by atoms with Crippen molar-refractivity contribution in [2.24, 2.45) is 5.92 Å². The molecule has 11 heteroatoms. The molecule has 1 aliphatic carbocycles. The van der Waals surface area contributed by atoms with Gasteiger partial charge in [-0.25, -0.2) is 14.3 Å². The van der Waals surface area contributed by atoms with E-state index in [4.69, 9.17) is 4.74 Å². The summed E-state index contributed by atoms with van der Waals surface area (Å²) < 4.78 is 48.1. The molecule has 1 aliphatic rings. The van der Waals surface area contributed by atoms with E-state index in [2.05, 4.69) is 22.3 Å². The molecule has 0 unspecified atom stereocenters. The lowest BCUT2D eigenvalue weighted by atomic mass is 9.85. The fourth-order valence-corrected chi connectivity index (χ4v) is 6.36. The summed E-state index contributed by atoms with van der Waals surface area (Å²) in [6.45, 7) is 7.79. The number of fused-ring (bicyclic) bond motifs is 2. The molecule has 7 nitrogen and oxygen atoms in total. The van der Waals surface area contributed by atoms with Crippen LogP contribution in [0.2, 0.25) is 0 Å². The van der Waals surface area contributed by atoms with Gasteiger partial charge in [-0.15, -0.1) is 11.3 Å². The molecular weight excluding hydrogens is 541 g/mol. The molecule has 0 aliphatic heterocycles. The van der Waals surface area contributed by atoms with E-state index in [0.717, 1.165) is 46.9 Å². The molecule has 0 saturated heterocycles. The monoisotopic (exact) mass is 570 g/mol. The lowest BCUT2D eigenvalue weighted by Gasteiger charge is -2.20. The Morgan fingerprint density at radius 3 is 2.60 bits per heavy atom. The Kier molecular flexibility index (Phi) is 7.43. The minimum atomic E-state index is -4.74. The molecule has 0 fully saturated rings. The SMILES string of the molecule is CCOC(=O)c1c(NC(=O)c2cc3nc(-c4ccc(C)c(C)c4)cc(C(F)(F)F)n3n2)sc2c1CC[C@@H](CC)C2. The number of carbonyl (C=O) groups excluding carboxylic acids is 2. The second kappa shape index (κ2) is 10.7. The third kappa shape index (κ3) is 5.22. The normalized spacial score (nSPS) is 15.2. The zero-order valence-electron chi connectivity index (χ0n) is 22.6. The lowest BCUT2D eigenvalue weighted by Crippen LogP contribution is -2.18. The molecule has 0 saturated carbocycles. The number of benzene rings is 1. The van der Waals surface area contributed by atoms with Crippen LogP contribution in [0.1, 0.15) is 74.8 Å². The lowest BCUT2D eigenvalue weighted by molar-refractivity contribution is -0.142. The number of rotatable bonds is 6. The first-order valence-corrected chi connectivity index (χ1v) is 14.0. The van der Waals surface area contributed by atoms with E-state index >= 15 is 0 Å². The largest absolute Gasteiger partial charge is 0.462 e. The first-order valence-electron chi connectivity index (χ1n) is 13.2. The number of nitrogens with one attached hydrogen (secondary N) is 1. The standard InChI is InChI=1S/C29H29F3N4O3S/c1-5-17-8-10-19-22(12-17)40-27(25(19)28(38)39-6-2)34-26(37)21-14-24-33-20(18-9-7-15(3)16(4)11-18)13-23(29(30,31)32)36(24)35-21/h7,9,11,13-14,17H,5-6,8,10,12H2,1-4H3,(H,34,37)/t17-/m1/s1. The minimum Gasteiger partial charge on any atom is -0.462 e. The van der Waals surface area contributed by atoms with Crippen molar-refractivity contribution in [3.05, 3.63) is 68.9 Å². The highest BCUT2D eigenvalue weighted by atomic mass is 32.1. The van der Waals surface area contributed by atoms with Gasteiger partial charge in [0.2, 0.25) is 0 Å². The Morgan fingerprint density at radius 2 is 1.93 bits per heavy atom. The number of alkyl halides is 3. The number of halogens is 3. The van der Waals surface area contributed by atoms with Gasteiger partial charge in [0.05, 0.1) is 17.9 Å². The zero-order chi connectivity index (χ0) is 28.8. The first kappa shape index (κ1) is 27.8. The number of aryl methyl sites for hydroxylation is 2. The molecule has 0 radical (unpaired) electrons. The van der Waals surface area contributed by atoms with E-state index in [1.54, 1.807) is 19.1 Å². The van der Waals surface area contributed by atoms with Crippen LogP contribution >= 0.6 is 11.3 Å². The molecule has 40 heavy (non-hydrogen) atoms. The van der Waals surface area contributed by atoms with Crippen molar-refractivity contribution in [1.82, 2.24) is 14.6 Å². The Morgan fingerprint density at radius 1 is 1.15 bits per heavy atom. The average Bonchev–Trinajstić information content (AvgIpc) is 3.50. The van der Waals surface area contributed by atoms with Crippen molar-refractivity contribution < 1.29 is 27.5 Å². The first-order chi connectivity index (χ1) is 19.0. The average molecular weight is 571 g/mol. The molecule has 5 rings (SSSR count). The molecule has 1 amide bonds. The van der Waals surface area contributed by atoms with E-state index < -0.39 is 23.7 Å². The highest BCUT2D eigenvalue weighted by Gasteiger charge is 2.36. The fraction of sp³-hybridized carbons (Fsp3) is 0.379. The van der Waals surface area contributed by atoms with Crippen LogP contribution in [-0.4, -0.2) is 33.1 Å². The predicted molar refractivity (Wildman–Crippen MR) is 147 cm³/mol. The van der Waals surface area contributed by atoms with E-state index in [0.29, 0.717) is 33.0 Å². The van der Waals surface area contributed by atoms with Crippen LogP contribution < -0.4 is 5.32 Å². The maximum absolute atomic E-state index is 14.1. The van der Waals surface area contributed by atoms with E-state index in [1.807, 2.05) is 19.9 Å². The van der Waals surface area contributed by atoms with Crippen LogP contribution in [0.25, 0.3) is 16.9 Å². The number of hydrogen-bond acceptors (Lipinski definition) is 6. The molecule has 1 atom stereocenters. The third-order valence-corrected chi connectivity index (χ3v) is 8.57. The second-order valence-corrected chi connectivity index (χ2v) is 11.1. The topological polar surface area (TPSA) is 85.6 Å². The van der Waals surface area contributed by atoms with Gasteiger partial charge in [-0.2, -0.15) is 18.3 Å². The van der Waals surface area contributed by atoms with Crippen molar-refractivity contribution in [3.63, 3.8) is 0 Å². The minimum absolute atomic E-state index is 0.116. The van der Waals surface area contributed by atoms with Crippen molar-refractivity contribution in [3.8, 4) is 11.3 Å². The molecular formula is C29H29F3N4O3S. The Labute approximate surface area is 233 Å². The van der Waals surface area contributed by atoms with Crippen LogP contribution in [0.3, 0.4) is 0 Å². The van der Waals surface area contributed by atoms with Crippen LogP contribution in [0, 0.1) is 19.8 Å². The summed E-state index contributed by atoms with van der Waals surface area (Å²) in [7, 11) is 0. The summed E-state index contributed by atoms with van der Waals surface area (Å²) in [6, 6.07) is 7.46. The number of ether oxygens (including phenoxy) is 1. The Balaban J connectivity index is 1.54. The number of carbonyl (C=O) groups is 2. The van der Waals surface area contributed by atoms with Gasteiger partial charge in [0.1, 0.15) is 5.00 Å². The maximum Gasteiger partial charge on any atom is 0.433 e. The molecule has 1 aromatic carbocycles. The van der Waals surface area contributed by atoms with Gasteiger partial charge < -0.3 is 10.1 Å². The molecule has 3 aromatic heterocycles. The van der Waals surface area contributed by atoms with E-state index in [9.17, 15) is 22.8 Å². The van der Waals surface area contributed by atoms with Crippen LogP contribution in [0.4, 0.5) is 18.2 Å². The van der Waals surface area contributed by atoms with E-state index in [1.165, 1.54) is 17.4 Å². The molecule has 210 valence electrons. The molecule has 0 bridgehead atoms. The third-order valence-electron chi connectivity index (χ3n) is 7.40. The summed E-state index contributed by atoms with van der Waals surface area (Å²) in [5, 5.41) is 7.02. The maximum atomic E-state index is 14.1. The molecule has 4 aromatic rings. The van der Waals surface area contributed by atoms with Crippen LogP contribution in [-0.2, 0) is 23.8 Å². The Bertz CT molecular complexity index is 1620. The van der Waals surface area contributed by atoms with Gasteiger partial charge in [0.25, 0.3) is 5.91 Å². The number of esters is 1. The van der Waals surface area contributed by atoms with Crippen molar-refractivity contribution in [1.29, 1.82) is 0 Å². The molecule has 0 spiro atoms. The fourth-order valence-electron chi connectivity index (χ4n) is 5.01. The van der Waals surface area contributed by atoms with Gasteiger partial charge in [-0.05, 0) is 74.8 Å². The van der Waals surface area contributed by atoms with Crippen molar-refractivity contribution in [2.75, 3.05) is 11.9 Å². The summed E-state index contributed by atoms with van der Waals surface area (Å²) in [6.07, 6.45) is -1.31. The quantitative estimate of drug-likeness (QED) is 0.252. The number of anilines is 1. The van der Waals surface area contributed by atoms with E-state index in [-0.39, 0.29) is 23.6 Å². The highest BCUT2D eigenvalue weighted by Crippen LogP contribution is 2.41. The number of hydrogen-bond donors (Lipinski definition) is 1. The van der Waals surface area contributed by atoms with Crippen LogP contribution in [0.15, 0.2) is 30.3 Å². The highest BCUT2D eigenvalue weighted by molar-refractivity contribution is 7.17. The van der Waals surface area contributed by atoms with Gasteiger partial charge in [-0.1, -0.05) is 25.5 Å². The number of thiophene rings is 1. The van der Waals surface area contributed by atoms with Gasteiger partial charge >= 0.3 is 12.1 Å². The second-order valence-electron chi connectivity index (χ2n) is 10.0. The van der Waals surface area contributed by atoms with Gasteiger partial charge in [0, 0.05) is 16.5 Å². The summed E-state index contributed by atoms with van der Waals surface area (Å²) in [5.74, 6) is -0.775. The smallest absolute Gasteiger partial charge is 0.433 e. The number of amides is 1. The molecule has 3 heterocycles. The number of nitrogens with zero attached hydrogens (tertiary/aromatic N) is 3. The van der Waals surface area contributed by atoms with Crippen molar-refractivity contribution in [2.45, 2.75) is 59.6 Å². The Hall–Kier alpha value is -3.73. The van der Waals surface area contributed by atoms with Gasteiger partial charge in [0.15, 0.2) is 17.0 Å². The summed E-state index contributed by atoms with van der Waals surface area (Å²) >= 11 is 1.31. The predicted octanol–water partition coefficient (Wildman–Crippen LogP) is 7.04. The van der Waals surface area contributed by atoms with Crippen LogP contribution in [0.5, 0.6) is 0 Å². The number of aromatic nitrogens is 3. The summed E-state index contributed by atoms with van der Waals surface area (Å²) in [5.41, 5.74) is 2.35. The van der Waals surface area contributed by atoms with Gasteiger partial charge in [-0.3, -0.25) is 4.79 Å². The zero-order valence-corrected chi connectivity index (χ0v) is 23.4. The summed E-state index contributed by atoms with van der Waals surface area (Å²) in [4.78, 5) is 31.6. The van der Waals surface area contributed by atoms with Crippen molar-refractivity contribution >= 4 is 33.9 Å². The molecule has 1 N–H and O–H groups in total.